The van der Waals surface area contributed by atoms with Crippen molar-refractivity contribution < 1.29 is 9.47 Å². The molecule has 0 saturated carbocycles. The predicted octanol–water partition coefficient (Wildman–Crippen LogP) is 5.83. The van der Waals surface area contributed by atoms with Crippen molar-refractivity contribution in [3.05, 3.63) is 53.6 Å². The smallest absolute Gasteiger partial charge is 0.161 e. The minimum absolute atomic E-state index is 0.126. The van der Waals surface area contributed by atoms with E-state index in [1.807, 2.05) is 11.8 Å². The van der Waals surface area contributed by atoms with Crippen LogP contribution in [0.4, 0.5) is 0 Å². The van der Waals surface area contributed by atoms with Crippen LogP contribution in [0.3, 0.4) is 0 Å². The fourth-order valence-corrected chi connectivity index (χ4v) is 5.21. The maximum Gasteiger partial charge on any atom is 0.161 e. The molecule has 0 unspecified atom stereocenters. The SMILES string of the molecule is CCCC[C@]1(CC)CSc2cc(OC)c(OC)cc2[C@@H](c2ccccc2)N1. The standard InChI is InChI=1S/C23H31NO2S/c1-5-7-13-23(6-2)16-27-21-15-20(26-4)19(25-3)14-18(21)22(24-23)17-11-9-8-10-12-17/h8-12,14-15,22,24H,5-7,13,16H2,1-4H3/t22-,23-/m1/s1. The van der Waals surface area contributed by atoms with Crippen LogP contribution in [0.25, 0.3) is 0 Å². The highest BCUT2D eigenvalue weighted by Gasteiger charge is 2.36. The van der Waals surface area contributed by atoms with Crippen LogP contribution in [0, 0.1) is 0 Å². The average molecular weight is 386 g/mol. The van der Waals surface area contributed by atoms with E-state index in [0.29, 0.717) is 0 Å². The van der Waals surface area contributed by atoms with Gasteiger partial charge >= 0.3 is 0 Å². The molecule has 0 aliphatic carbocycles. The van der Waals surface area contributed by atoms with E-state index < -0.39 is 0 Å². The van der Waals surface area contributed by atoms with Crippen LogP contribution in [-0.2, 0) is 0 Å². The molecular weight excluding hydrogens is 354 g/mol. The van der Waals surface area contributed by atoms with Crippen LogP contribution in [0.1, 0.15) is 56.7 Å². The number of thioether (sulfide) groups is 1. The number of fused-ring (bicyclic) bond motifs is 1. The van der Waals surface area contributed by atoms with Gasteiger partial charge in [-0.2, -0.15) is 0 Å². The lowest BCUT2D eigenvalue weighted by Gasteiger charge is -2.36. The van der Waals surface area contributed by atoms with Crippen molar-refractivity contribution in [2.45, 2.75) is 56.0 Å². The molecule has 2 atom stereocenters. The Morgan fingerprint density at radius 3 is 2.41 bits per heavy atom. The summed E-state index contributed by atoms with van der Waals surface area (Å²) in [5.74, 6) is 2.65. The molecule has 27 heavy (non-hydrogen) atoms. The normalized spacial score (nSPS) is 22.0. The Morgan fingerprint density at radius 1 is 1.07 bits per heavy atom. The Balaban J connectivity index is 2.10. The number of hydrogen-bond acceptors (Lipinski definition) is 4. The largest absolute Gasteiger partial charge is 0.493 e. The Kier molecular flexibility index (Phi) is 6.72. The van der Waals surface area contributed by atoms with E-state index in [4.69, 9.17) is 9.47 Å². The van der Waals surface area contributed by atoms with E-state index in [1.165, 1.54) is 35.3 Å². The van der Waals surface area contributed by atoms with Gasteiger partial charge in [-0.25, -0.2) is 0 Å². The van der Waals surface area contributed by atoms with Crippen LogP contribution in [0.5, 0.6) is 11.5 Å². The molecule has 2 aromatic rings. The van der Waals surface area contributed by atoms with Gasteiger partial charge in [-0.1, -0.05) is 57.0 Å². The van der Waals surface area contributed by atoms with Gasteiger partial charge in [0.25, 0.3) is 0 Å². The monoisotopic (exact) mass is 385 g/mol. The Hall–Kier alpha value is -1.65. The Morgan fingerprint density at radius 2 is 1.78 bits per heavy atom. The van der Waals surface area contributed by atoms with Crippen LogP contribution in [-0.4, -0.2) is 25.5 Å². The first-order valence-corrected chi connectivity index (χ1v) is 10.9. The summed E-state index contributed by atoms with van der Waals surface area (Å²) in [5, 5.41) is 4.06. The highest BCUT2D eigenvalue weighted by molar-refractivity contribution is 7.99. The van der Waals surface area contributed by atoms with Crippen molar-refractivity contribution in [2.75, 3.05) is 20.0 Å². The van der Waals surface area contributed by atoms with E-state index in [1.54, 1.807) is 14.2 Å². The first-order valence-electron chi connectivity index (χ1n) is 9.87. The maximum atomic E-state index is 5.61. The van der Waals surface area contributed by atoms with Crippen LogP contribution in [0.2, 0.25) is 0 Å². The van der Waals surface area contributed by atoms with Gasteiger partial charge in [-0.3, -0.25) is 5.32 Å². The number of rotatable bonds is 7. The predicted molar refractivity (Wildman–Crippen MR) is 114 cm³/mol. The van der Waals surface area contributed by atoms with Crippen molar-refractivity contribution in [1.29, 1.82) is 0 Å². The molecule has 3 nitrogen and oxygen atoms in total. The second-order valence-corrected chi connectivity index (χ2v) is 8.28. The van der Waals surface area contributed by atoms with E-state index >= 15 is 0 Å². The molecule has 1 aliphatic heterocycles. The third-order valence-corrected chi connectivity index (χ3v) is 6.96. The highest BCUT2D eigenvalue weighted by atomic mass is 32.2. The number of ether oxygens (including phenoxy) is 2. The molecule has 0 radical (unpaired) electrons. The fourth-order valence-electron chi connectivity index (χ4n) is 3.82. The number of benzene rings is 2. The minimum Gasteiger partial charge on any atom is -0.493 e. The molecule has 1 N–H and O–H groups in total. The molecule has 1 heterocycles. The summed E-state index contributed by atoms with van der Waals surface area (Å²) in [7, 11) is 3.41. The fraction of sp³-hybridized carbons (Fsp3) is 0.478. The van der Waals surface area contributed by atoms with Gasteiger partial charge < -0.3 is 9.47 Å². The summed E-state index contributed by atoms with van der Waals surface area (Å²) >= 11 is 1.94. The quantitative estimate of drug-likeness (QED) is 0.650. The lowest BCUT2D eigenvalue weighted by molar-refractivity contribution is 0.297. The van der Waals surface area contributed by atoms with Crippen molar-refractivity contribution in [3.8, 4) is 11.5 Å². The molecule has 146 valence electrons. The molecule has 0 bridgehead atoms. The third-order valence-electron chi connectivity index (χ3n) is 5.60. The third kappa shape index (κ3) is 4.27. The van der Waals surface area contributed by atoms with E-state index in [-0.39, 0.29) is 11.6 Å². The summed E-state index contributed by atoms with van der Waals surface area (Å²) in [4.78, 5) is 1.28. The van der Waals surface area contributed by atoms with E-state index in [2.05, 4.69) is 61.6 Å². The summed E-state index contributed by atoms with van der Waals surface area (Å²) < 4.78 is 11.2. The van der Waals surface area contributed by atoms with E-state index in [9.17, 15) is 0 Å². The first kappa shape index (κ1) is 20.1. The minimum atomic E-state index is 0.126. The molecule has 0 amide bonds. The van der Waals surface area contributed by atoms with Crippen LogP contribution in [0.15, 0.2) is 47.4 Å². The molecule has 1 aliphatic rings. The van der Waals surface area contributed by atoms with Crippen LogP contribution >= 0.6 is 11.8 Å². The summed E-state index contributed by atoms with van der Waals surface area (Å²) in [6.45, 7) is 4.58. The van der Waals surface area contributed by atoms with Crippen molar-refractivity contribution in [3.63, 3.8) is 0 Å². The van der Waals surface area contributed by atoms with Crippen molar-refractivity contribution in [2.24, 2.45) is 0 Å². The topological polar surface area (TPSA) is 30.5 Å². The van der Waals surface area contributed by atoms with Gasteiger partial charge in [0.1, 0.15) is 0 Å². The summed E-state index contributed by atoms with van der Waals surface area (Å²) in [5.41, 5.74) is 2.69. The first-order chi connectivity index (χ1) is 13.2. The molecule has 2 aromatic carbocycles. The lowest BCUT2D eigenvalue weighted by Crippen LogP contribution is -2.48. The van der Waals surface area contributed by atoms with Gasteiger partial charge in [-0.15, -0.1) is 11.8 Å². The zero-order chi connectivity index (χ0) is 19.3. The van der Waals surface area contributed by atoms with Gasteiger partial charge in [0.05, 0.1) is 20.3 Å². The summed E-state index contributed by atoms with van der Waals surface area (Å²) in [6, 6.07) is 15.2. The van der Waals surface area contributed by atoms with E-state index in [0.717, 1.165) is 23.7 Å². The zero-order valence-corrected chi connectivity index (χ0v) is 17.7. The lowest BCUT2D eigenvalue weighted by atomic mass is 9.88. The molecule has 0 fully saturated rings. The maximum absolute atomic E-state index is 5.61. The highest BCUT2D eigenvalue weighted by Crippen LogP contribution is 2.45. The summed E-state index contributed by atoms with van der Waals surface area (Å²) in [6.07, 6.45) is 4.77. The zero-order valence-electron chi connectivity index (χ0n) is 16.9. The molecule has 0 aromatic heterocycles. The number of hydrogen-bond donors (Lipinski definition) is 1. The molecule has 0 spiro atoms. The number of methoxy groups -OCH3 is 2. The molecule has 0 saturated heterocycles. The second-order valence-electron chi connectivity index (χ2n) is 7.26. The van der Waals surface area contributed by atoms with Crippen molar-refractivity contribution in [1.82, 2.24) is 5.32 Å². The van der Waals surface area contributed by atoms with Gasteiger partial charge in [0.2, 0.25) is 0 Å². The molecule has 4 heteroatoms. The number of nitrogens with one attached hydrogen (secondary N) is 1. The van der Waals surface area contributed by atoms with Crippen LogP contribution < -0.4 is 14.8 Å². The second kappa shape index (κ2) is 9.03. The Bertz CT molecular complexity index is 750. The average Bonchev–Trinajstić information content (AvgIpc) is 2.89. The van der Waals surface area contributed by atoms with Gasteiger partial charge in [-0.05, 0) is 36.1 Å². The Labute approximate surface area is 167 Å². The molecule has 3 rings (SSSR count). The van der Waals surface area contributed by atoms with Gasteiger partial charge in [0, 0.05) is 16.2 Å². The number of unbranched alkanes of at least 4 members (excludes halogenated alkanes) is 1. The molecular formula is C23H31NO2S. The van der Waals surface area contributed by atoms with Crippen molar-refractivity contribution >= 4 is 11.8 Å². The van der Waals surface area contributed by atoms with Gasteiger partial charge in [0.15, 0.2) is 11.5 Å².